The third-order valence-corrected chi connectivity index (χ3v) is 1.41. The minimum Gasteiger partial charge on any atom is -0.454 e. The Kier molecular flexibility index (Phi) is 4.95. The zero-order valence-electron chi connectivity index (χ0n) is 10.4. The summed E-state index contributed by atoms with van der Waals surface area (Å²) in [4.78, 5) is 22.8. The molecular formula is C12H18O4. The van der Waals surface area contributed by atoms with Crippen molar-refractivity contribution in [1.29, 1.82) is 0 Å². The van der Waals surface area contributed by atoms with Gasteiger partial charge in [0.2, 0.25) is 5.76 Å². The Morgan fingerprint density at radius 3 is 2.00 bits per heavy atom. The zero-order chi connectivity index (χ0) is 12.9. The summed E-state index contributed by atoms with van der Waals surface area (Å²) in [7, 11) is 0. The van der Waals surface area contributed by atoms with Crippen LogP contribution in [0.2, 0.25) is 0 Å². The Bertz CT molecular complexity index is 331. The van der Waals surface area contributed by atoms with Crippen molar-refractivity contribution < 1.29 is 19.1 Å². The average Bonchev–Trinajstić information content (AvgIpc) is 2.10. The molecule has 4 heteroatoms. The minimum atomic E-state index is -0.662. The van der Waals surface area contributed by atoms with Gasteiger partial charge in [-0.2, -0.15) is 0 Å². The van der Waals surface area contributed by atoms with Crippen molar-refractivity contribution in [3.05, 3.63) is 24.0 Å². The summed E-state index contributed by atoms with van der Waals surface area (Å²) in [5.41, 5.74) is -0.399. The third-order valence-electron chi connectivity index (χ3n) is 1.41. The lowest BCUT2D eigenvalue weighted by Crippen LogP contribution is -2.26. The molecule has 0 aliphatic carbocycles. The number of carbonyl (C=O) groups is 2. The van der Waals surface area contributed by atoms with Crippen LogP contribution in [-0.2, 0) is 19.1 Å². The molecule has 0 spiro atoms. The van der Waals surface area contributed by atoms with Gasteiger partial charge in [-0.25, -0.2) is 9.59 Å². The van der Waals surface area contributed by atoms with Crippen LogP contribution in [-0.4, -0.2) is 17.5 Å². The third kappa shape index (κ3) is 5.34. The zero-order valence-corrected chi connectivity index (χ0v) is 10.4. The molecule has 0 radical (unpaired) electrons. The van der Waals surface area contributed by atoms with Crippen molar-refractivity contribution in [2.45, 2.75) is 40.2 Å². The maximum atomic E-state index is 11.6. The van der Waals surface area contributed by atoms with E-state index in [1.807, 2.05) is 0 Å². The number of hydrogen-bond acceptors (Lipinski definition) is 4. The first-order chi connectivity index (χ1) is 7.17. The van der Waals surface area contributed by atoms with Gasteiger partial charge < -0.3 is 9.47 Å². The standard InChI is InChI=1S/C12H18O4/c1-7-9(15-10(13)8(2)3)11(14)16-12(4,5)6/h7H,2H2,1,3-6H3/b9-7+. The second-order valence-electron chi connectivity index (χ2n) is 4.32. The maximum absolute atomic E-state index is 11.6. The van der Waals surface area contributed by atoms with Gasteiger partial charge in [-0.3, -0.25) is 0 Å². The highest BCUT2D eigenvalue weighted by molar-refractivity contribution is 5.94. The van der Waals surface area contributed by atoms with Gasteiger partial charge >= 0.3 is 11.9 Å². The maximum Gasteiger partial charge on any atom is 0.374 e. The monoisotopic (exact) mass is 226 g/mol. The fourth-order valence-electron chi connectivity index (χ4n) is 0.734. The molecule has 0 saturated heterocycles. The number of esters is 2. The van der Waals surface area contributed by atoms with Gasteiger partial charge in [0.05, 0.1) is 0 Å². The summed E-state index contributed by atoms with van der Waals surface area (Å²) >= 11 is 0. The second-order valence-corrected chi connectivity index (χ2v) is 4.32. The van der Waals surface area contributed by atoms with E-state index in [1.54, 1.807) is 27.7 Å². The van der Waals surface area contributed by atoms with Crippen molar-refractivity contribution in [1.82, 2.24) is 0 Å². The van der Waals surface area contributed by atoms with Crippen LogP contribution >= 0.6 is 0 Å². The highest BCUT2D eigenvalue weighted by Gasteiger charge is 2.22. The van der Waals surface area contributed by atoms with Gasteiger partial charge in [-0.05, 0) is 40.7 Å². The highest BCUT2D eigenvalue weighted by Crippen LogP contribution is 2.12. The summed E-state index contributed by atoms with van der Waals surface area (Å²) in [5, 5.41) is 0. The highest BCUT2D eigenvalue weighted by atomic mass is 16.6. The van der Waals surface area contributed by atoms with Crippen LogP contribution in [0.4, 0.5) is 0 Å². The molecule has 0 amide bonds. The molecule has 4 nitrogen and oxygen atoms in total. The Labute approximate surface area is 95.9 Å². The van der Waals surface area contributed by atoms with E-state index in [0.29, 0.717) is 0 Å². The summed E-state index contributed by atoms with van der Waals surface area (Å²) in [5.74, 6) is -1.42. The van der Waals surface area contributed by atoms with Crippen molar-refractivity contribution in [3.8, 4) is 0 Å². The molecule has 0 aliphatic heterocycles. The van der Waals surface area contributed by atoms with Crippen molar-refractivity contribution in [2.75, 3.05) is 0 Å². The normalized spacial score (nSPS) is 11.9. The Morgan fingerprint density at radius 1 is 1.19 bits per heavy atom. The molecule has 0 bridgehead atoms. The van der Waals surface area contributed by atoms with E-state index >= 15 is 0 Å². The smallest absolute Gasteiger partial charge is 0.374 e. The van der Waals surface area contributed by atoms with Crippen LogP contribution in [0.1, 0.15) is 34.6 Å². The van der Waals surface area contributed by atoms with E-state index in [9.17, 15) is 9.59 Å². The number of allylic oxidation sites excluding steroid dienone is 1. The molecule has 0 unspecified atom stereocenters. The SMILES string of the molecule is C=C(C)C(=O)O/C(=C/C)C(=O)OC(C)(C)C. The Balaban J connectivity index is 4.60. The lowest BCUT2D eigenvalue weighted by atomic mass is 10.2. The fourth-order valence-corrected chi connectivity index (χ4v) is 0.734. The van der Waals surface area contributed by atoms with Crippen molar-refractivity contribution in [3.63, 3.8) is 0 Å². The van der Waals surface area contributed by atoms with E-state index in [0.717, 1.165) is 0 Å². The molecule has 0 aromatic rings. The molecule has 0 aromatic carbocycles. The van der Waals surface area contributed by atoms with Gasteiger partial charge in [-0.15, -0.1) is 0 Å². The lowest BCUT2D eigenvalue weighted by molar-refractivity contribution is -0.158. The fraction of sp³-hybridized carbons (Fsp3) is 0.500. The van der Waals surface area contributed by atoms with E-state index in [4.69, 9.17) is 9.47 Å². The number of rotatable bonds is 3. The quantitative estimate of drug-likeness (QED) is 0.421. The van der Waals surface area contributed by atoms with Gasteiger partial charge in [-0.1, -0.05) is 6.58 Å². The van der Waals surface area contributed by atoms with E-state index in [-0.39, 0.29) is 11.3 Å². The lowest BCUT2D eigenvalue weighted by Gasteiger charge is -2.20. The molecular weight excluding hydrogens is 208 g/mol. The summed E-state index contributed by atoms with van der Waals surface area (Å²) < 4.78 is 9.87. The van der Waals surface area contributed by atoms with E-state index in [1.165, 1.54) is 13.0 Å². The van der Waals surface area contributed by atoms with Crippen LogP contribution in [0.25, 0.3) is 0 Å². The number of hydrogen-bond donors (Lipinski definition) is 0. The Hall–Kier alpha value is -1.58. The molecule has 0 N–H and O–H groups in total. The minimum absolute atomic E-state index is 0.122. The van der Waals surface area contributed by atoms with Crippen LogP contribution in [0.15, 0.2) is 24.0 Å². The summed E-state index contributed by atoms with van der Waals surface area (Å²) in [6.45, 7) is 11.7. The van der Waals surface area contributed by atoms with Gasteiger partial charge in [0.1, 0.15) is 5.60 Å². The largest absolute Gasteiger partial charge is 0.454 e. The number of ether oxygens (including phenoxy) is 2. The van der Waals surface area contributed by atoms with Crippen LogP contribution in [0.3, 0.4) is 0 Å². The molecule has 0 heterocycles. The molecule has 0 atom stereocenters. The first kappa shape index (κ1) is 14.4. The molecule has 0 fully saturated rings. The summed E-state index contributed by atoms with van der Waals surface area (Å²) in [6, 6.07) is 0. The predicted molar refractivity (Wildman–Crippen MR) is 60.5 cm³/mol. The molecule has 0 aliphatic rings. The van der Waals surface area contributed by atoms with Crippen LogP contribution < -0.4 is 0 Å². The predicted octanol–water partition coefficient (Wildman–Crippen LogP) is 2.35. The average molecular weight is 226 g/mol. The van der Waals surface area contributed by atoms with Crippen molar-refractivity contribution in [2.24, 2.45) is 0 Å². The van der Waals surface area contributed by atoms with Crippen molar-refractivity contribution >= 4 is 11.9 Å². The topological polar surface area (TPSA) is 52.6 Å². The molecule has 16 heavy (non-hydrogen) atoms. The summed E-state index contributed by atoms with van der Waals surface area (Å²) in [6.07, 6.45) is 1.38. The number of carbonyl (C=O) groups excluding carboxylic acids is 2. The molecule has 0 rings (SSSR count). The first-order valence-corrected chi connectivity index (χ1v) is 4.94. The van der Waals surface area contributed by atoms with Crippen LogP contribution in [0, 0.1) is 0 Å². The van der Waals surface area contributed by atoms with E-state index in [2.05, 4.69) is 6.58 Å². The molecule has 90 valence electrons. The van der Waals surface area contributed by atoms with Gasteiger partial charge in [0, 0.05) is 5.57 Å². The van der Waals surface area contributed by atoms with Crippen LogP contribution in [0.5, 0.6) is 0 Å². The second kappa shape index (κ2) is 5.49. The molecule has 0 saturated carbocycles. The molecule has 0 aromatic heterocycles. The van der Waals surface area contributed by atoms with E-state index < -0.39 is 17.5 Å². The van der Waals surface area contributed by atoms with Gasteiger partial charge in [0.25, 0.3) is 0 Å². The Morgan fingerprint density at radius 2 is 1.69 bits per heavy atom. The van der Waals surface area contributed by atoms with Gasteiger partial charge in [0.15, 0.2) is 0 Å². The first-order valence-electron chi connectivity index (χ1n) is 4.94.